The maximum Gasteiger partial charge on any atom is 0.126 e. The number of benzene rings is 1. The van der Waals surface area contributed by atoms with Crippen molar-refractivity contribution in [2.24, 2.45) is 5.41 Å². The second kappa shape index (κ2) is 4.23. The normalized spacial score (nSPS) is 29.3. The van der Waals surface area contributed by atoms with Gasteiger partial charge in [-0.3, -0.25) is 0 Å². The van der Waals surface area contributed by atoms with E-state index >= 15 is 0 Å². The summed E-state index contributed by atoms with van der Waals surface area (Å²) in [6.07, 6.45) is 4.89. The van der Waals surface area contributed by atoms with Gasteiger partial charge in [0.1, 0.15) is 17.7 Å². The highest BCUT2D eigenvalue weighted by Crippen LogP contribution is 2.54. The maximum absolute atomic E-state index is 13.2. The molecule has 1 spiro atoms. The Morgan fingerprint density at radius 3 is 2.72 bits per heavy atom. The Kier molecular flexibility index (Phi) is 2.81. The lowest BCUT2D eigenvalue weighted by Crippen LogP contribution is -2.58. The van der Waals surface area contributed by atoms with Gasteiger partial charge in [-0.15, -0.1) is 0 Å². The smallest absolute Gasteiger partial charge is 0.126 e. The van der Waals surface area contributed by atoms with E-state index in [1.165, 1.54) is 25.0 Å². The van der Waals surface area contributed by atoms with Gasteiger partial charge >= 0.3 is 0 Å². The first-order chi connectivity index (χ1) is 8.62. The second-order valence-corrected chi connectivity index (χ2v) is 5.71. The fourth-order valence-electron chi connectivity index (χ4n) is 3.43. The number of hydrogen-bond donors (Lipinski definition) is 1. The van der Waals surface area contributed by atoms with Crippen LogP contribution in [0.1, 0.15) is 37.7 Å². The molecule has 18 heavy (non-hydrogen) atoms. The SMILES string of the molecule is Cc1ccc(F)cc1OC1CC(O)C12CCCC2. The first-order valence-corrected chi connectivity index (χ1v) is 6.73. The summed E-state index contributed by atoms with van der Waals surface area (Å²) in [7, 11) is 0. The number of halogens is 1. The van der Waals surface area contributed by atoms with Crippen molar-refractivity contribution in [2.45, 2.75) is 51.2 Å². The molecule has 0 radical (unpaired) electrons. The van der Waals surface area contributed by atoms with E-state index in [9.17, 15) is 9.50 Å². The maximum atomic E-state index is 13.2. The van der Waals surface area contributed by atoms with Crippen LogP contribution in [0.25, 0.3) is 0 Å². The standard InChI is InChI=1S/C15H19FO2/c1-10-4-5-11(16)8-12(10)18-14-9-13(17)15(14)6-2-3-7-15/h4-5,8,13-14,17H,2-3,6-7,9H2,1H3. The number of aliphatic hydroxyl groups is 1. The van der Waals surface area contributed by atoms with Gasteiger partial charge < -0.3 is 9.84 Å². The zero-order valence-electron chi connectivity index (χ0n) is 10.7. The number of aryl methyl sites for hydroxylation is 1. The molecule has 3 heteroatoms. The van der Waals surface area contributed by atoms with Crippen LogP contribution in [0, 0.1) is 18.2 Å². The summed E-state index contributed by atoms with van der Waals surface area (Å²) in [4.78, 5) is 0. The molecule has 2 nitrogen and oxygen atoms in total. The van der Waals surface area contributed by atoms with E-state index in [2.05, 4.69) is 0 Å². The molecule has 2 aliphatic rings. The van der Waals surface area contributed by atoms with Crippen molar-refractivity contribution < 1.29 is 14.2 Å². The highest BCUT2D eigenvalue weighted by molar-refractivity contribution is 5.33. The molecule has 0 aliphatic heterocycles. The third kappa shape index (κ3) is 1.72. The molecule has 2 aliphatic carbocycles. The van der Waals surface area contributed by atoms with E-state index in [1.807, 2.05) is 6.92 Å². The van der Waals surface area contributed by atoms with Crippen LogP contribution in [0.2, 0.25) is 0 Å². The summed E-state index contributed by atoms with van der Waals surface area (Å²) >= 11 is 0. The summed E-state index contributed by atoms with van der Waals surface area (Å²) in [5.74, 6) is 0.356. The van der Waals surface area contributed by atoms with E-state index in [1.54, 1.807) is 6.07 Å². The number of ether oxygens (including phenoxy) is 1. The van der Waals surface area contributed by atoms with Crippen molar-refractivity contribution in [3.05, 3.63) is 29.6 Å². The van der Waals surface area contributed by atoms with Crippen LogP contribution in [0.3, 0.4) is 0 Å². The molecule has 2 unspecified atom stereocenters. The minimum absolute atomic E-state index is 0.0514. The Hall–Kier alpha value is -1.09. The molecule has 0 aromatic heterocycles. The topological polar surface area (TPSA) is 29.5 Å². The molecule has 0 heterocycles. The molecule has 0 saturated heterocycles. The molecule has 98 valence electrons. The largest absolute Gasteiger partial charge is 0.489 e. The Morgan fingerprint density at radius 1 is 1.33 bits per heavy atom. The third-order valence-electron chi connectivity index (χ3n) is 4.70. The van der Waals surface area contributed by atoms with Crippen molar-refractivity contribution >= 4 is 0 Å². The van der Waals surface area contributed by atoms with Crippen LogP contribution in [-0.4, -0.2) is 17.3 Å². The van der Waals surface area contributed by atoms with Gasteiger partial charge in [0.2, 0.25) is 0 Å². The fraction of sp³-hybridized carbons (Fsp3) is 0.600. The Bertz CT molecular complexity index is 452. The Balaban J connectivity index is 1.79. The minimum Gasteiger partial charge on any atom is -0.489 e. The van der Waals surface area contributed by atoms with Gasteiger partial charge in [-0.1, -0.05) is 18.9 Å². The van der Waals surface area contributed by atoms with E-state index in [-0.39, 0.29) is 23.4 Å². The minimum atomic E-state index is -0.268. The number of aliphatic hydroxyl groups excluding tert-OH is 1. The van der Waals surface area contributed by atoms with Crippen LogP contribution in [0.5, 0.6) is 5.75 Å². The quantitative estimate of drug-likeness (QED) is 0.873. The van der Waals surface area contributed by atoms with Gasteiger partial charge in [0.05, 0.1) is 6.10 Å². The summed E-state index contributed by atoms with van der Waals surface area (Å²) in [6, 6.07) is 4.63. The van der Waals surface area contributed by atoms with Crippen LogP contribution >= 0.6 is 0 Å². The highest BCUT2D eigenvalue weighted by atomic mass is 19.1. The van der Waals surface area contributed by atoms with E-state index in [0.717, 1.165) is 18.4 Å². The van der Waals surface area contributed by atoms with Gasteiger partial charge in [-0.25, -0.2) is 4.39 Å². The van der Waals surface area contributed by atoms with Gasteiger partial charge in [0, 0.05) is 17.9 Å². The molecule has 2 saturated carbocycles. The summed E-state index contributed by atoms with van der Waals surface area (Å²) < 4.78 is 19.2. The molecule has 1 aromatic carbocycles. The van der Waals surface area contributed by atoms with Crippen molar-refractivity contribution in [3.8, 4) is 5.75 Å². The first-order valence-electron chi connectivity index (χ1n) is 6.73. The predicted molar refractivity (Wildman–Crippen MR) is 67.1 cm³/mol. The molecule has 1 N–H and O–H groups in total. The molecular formula is C15H19FO2. The molecule has 1 aromatic rings. The van der Waals surface area contributed by atoms with Crippen molar-refractivity contribution in [1.29, 1.82) is 0 Å². The fourth-order valence-corrected chi connectivity index (χ4v) is 3.43. The van der Waals surface area contributed by atoms with E-state index < -0.39 is 0 Å². The van der Waals surface area contributed by atoms with Crippen molar-refractivity contribution in [1.82, 2.24) is 0 Å². The third-order valence-corrected chi connectivity index (χ3v) is 4.70. The van der Waals surface area contributed by atoms with Crippen LogP contribution in [-0.2, 0) is 0 Å². The molecule has 2 atom stereocenters. The number of rotatable bonds is 2. The Labute approximate surface area is 107 Å². The lowest BCUT2D eigenvalue weighted by atomic mass is 9.62. The van der Waals surface area contributed by atoms with E-state index in [4.69, 9.17) is 4.74 Å². The summed E-state index contributed by atoms with van der Waals surface area (Å²) in [5.41, 5.74) is 0.893. The lowest BCUT2D eigenvalue weighted by molar-refractivity contribution is -0.152. The van der Waals surface area contributed by atoms with Crippen molar-refractivity contribution in [3.63, 3.8) is 0 Å². The zero-order chi connectivity index (χ0) is 12.8. The average molecular weight is 250 g/mol. The molecule has 3 rings (SSSR count). The van der Waals surface area contributed by atoms with Crippen LogP contribution in [0.4, 0.5) is 4.39 Å². The molecule has 0 bridgehead atoms. The van der Waals surface area contributed by atoms with E-state index in [0.29, 0.717) is 12.2 Å². The van der Waals surface area contributed by atoms with Gasteiger partial charge in [-0.2, -0.15) is 0 Å². The first kappa shape index (κ1) is 12.0. The zero-order valence-corrected chi connectivity index (χ0v) is 10.7. The summed E-state index contributed by atoms with van der Waals surface area (Å²) in [6.45, 7) is 1.92. The molecular weight excluding hydrogens is 231 g/mol. The highest BCUT2D eigenvalue weighted by Gasteiger charge is 2.57. The molecule has 2 fully saturated rings. The second-order valence-electron chi connectivity index (χ2n) is 5.71. The van der Waals surface area contributed by atoms with Crippen LogP contribution < -0.4 is 4.74 Å². The summed E-state index contributed by atoms with van der Waals surface area (Å²) in [5, 5.41) is 10.0. The monoisotopic (exact) mass is 250 g/mol. The predicted octanol–water partition coefficient (Wildman–Crippen LogP) is 3.21. The Morgan fingerprint density at radius 2 is 2.06 bits per heavy atom. The molecule has 0 amide bonds. The van der Waals surface area contributed by atoms with Gasteiger partial charge in [0.25, 0.3) is 0 Å². The average Bonchev–Trinajstić information content (AvgIpc) is 2.85. The van der Waals surface area contributed by atoms with Gasteiger partial charge in [-0.05, 0) is 31.4 Å². The number of hydrogen-bond acceptors (Lipinski definition) is 2. The van der Waals surface area contributed by atoms with Gasteiger partial charge in [0.15, 0.2) is 0 Å². The lowest BCUT2D eigenvalue weighted by Gasteiger charge is -2.51. The van der Waals surface area contributed by atoms with Crippen LogP contribution in [0.15, 0.2) is 18.2 Å². The van der Waals surface area contributed by atoms with Crippen molar-refractivity contribution in [2.75, 3.05) is 0 Å².